The molecule has 7 nitrogen and oxygen atoms in total. The average molecular weight is 483 g/mol. The normalized spacial score (nSPS) is 11.3. The first kappa shape index (κ1) is 24.9. The average Bonchev–Trinajstić information content (AvgIpc) is 2.87. The molecule has 3 aromatic carbocycles. The van der Waals surface area contributed by atoms with Crippen molar-refractivity contribution in [1.82, 2.24) is 10.6 Å². The lowest BCUT2D eigenvalue weighted by molar-refractivity contribution is -0.123. The maximum atomic E-state index is 13.1. The fourth-order valence-corrected chi connectivity index (χ4v) is 3.58. The van der Waals surface area contributed by atoms with Gasteiger partial charge >= 0.3 is 0 Å². The van der Waals surface area contributed by atoms with Crippen molar-refractivity contribution >= 4 is 23.4 Å². The first-order chi connectivity index (χ1) is 16.4. The third-order valence-electron chi connectivity index (χ3n) is 5.20. The molecule has 0 aliphatic carbocycles. The minimum Gasteiger partial charge on any atom is -0.493 e. The Kier molecular flexibility index (Phi) is 8.76. The summed E-state index contributed by atoms with van der Waals surface area (Å²) in [5.74, 6) is 0.767. The molecule has 0 spiro atoms. The number of methoxy groups -OCH3 is 3. The molecule has 3 aromatic rings. The van der Waals surface area contributed by atoms with Gasteiger partial charge in [0.25, 0.3) is 5.91 Å². The Bertz CT molecular complexity index is 1090. The van der Waals surface area contributed by atoms with E-state index in [1.807, 2.05) is 30.3 Å². The molecule has 0 saturated heterocycles. The van der Waals surface area contributed by atoms with E-state index in [4.69, 9.17) is 25.8 Å². The van der Waals surface area contributed by atoms with Gasteiger partial charge in [0.15, 0.2) is 11.5 Å². The van der Waals surface area contributed by atoms with E-state index in [0.717, 1.165) is 11.1 Å². The molecule has 0 aromatic heterocycles. The quantitative estimate of drug-likeness (QED) is 0.456. The van der Waals surface area contributed by atoms with Gasteiger partial charge in [0.1, 0.15) is 6.04 Å². The van der Waals surface area contributed by atoms with E-state index >= 15 is 0 Å². The first-order valence-corrected chi connectivity index (χ1v) is 11.0. The van der Waals surface area contributed by atoms with E-state index in [1.165, 1.54) is 21.3 Å². The predicted octanol–water partition coefficient (Wildman–Crippen LogP) is 4.02. The Morgan fingerprint density at radius 2 is 1.47 bits per heavy atom. The van der Waals surface area contributed by atoms with Crippen molar-refractivity contribution in [2.75, 3.05) is 21.3 Å². The summed E-state index contributed by atoms with van der Waals surface area (Å²) in [7, 11) is 4.59. The molecular formula is C26H27ClN2O5. The van der Waals surface area contributed by atoms with Gasteiger partial charge < -0.3 is 24.8 Å². The molecule has 0 saturated carbocycles. The fraction of sp³-hybridized carbons (Fsp3) is 0.231. The number of rotatable bonds is 10. The van der Waals surface area contributed by atoms with Crippen LogP contribution in [0.2, 0.25) is 5.02 Å². The molecule has 2 N–H and O–H groups in total. The van der Waals surface area contributed by atoms with Crippen LogP contribution in [0.3, 0.4) is 0 Å². The standard InChI is InChI=1S/C26H27ClN2O5/c1-32-22-14-18(15-23(33-2)24(22)34-3)16-28-26(31)21(13-17-7-5-4-6-8-17)29-25(30)19-9-11-20(27)12-10-19/h4-12,14-15,21H,13,16H2,1-3H3,(H,28,31)(H,29,30)/t21-/m0/s1. The number of amides is 2. The van der Waals surface area contributed by atoms with Crippen molar-refractivity contribution in [2.45, 2.75) is 19.0 Å². The summed E-state index contributed by atoms with van der Waals surface area (Å²) in [4.78, 5) is 25.9. The number of nitrogens with one attached hydrogen (secondary N) is 2. The molecule has 0 radical (unpaired) electrons. The van der Waals surface area contributed by atoms with Crippen LogP contribution in [0.4, 0.5) is 0 Å². The Morgan fingerprint density at radius 1 is 0.853 bits per heavy atom. The van der Waals surface area contributed by atoms with E-state index in [1.54, 1.807) is 36.4 Å². The monoisotopic (exact) mass is 482 g/mol. The molecule has 0 fully saturated rings. The Labute approximate surface area is 204 Å². The van der Waals surface area contributed by atoms with Crippen LogP contribution in [0.1, 0.15) is 21.5 Å². The number of carbonyl (C=O) groups excluding carboxylic acids is 2. The largest absolute Gasteiger partial charge is 0.493 e. The molecule has 34 heavy (non-hydrogen) atoms. The van der Waals surface area contributed by atoms with Crippen LogP contribution in [0.15, 0.2) is 66.7 Å². The van der Waals surface area contributed by atoms with Gasteiger partial charge in [-0.1, -0.05) is 41.9 Å². The van der Waals surface area contributed by atoms with E-state index in [9.17, 15) is 9.59 Å². The van der Waals surface area contributed by atoms with Gasteiger partial charge in [-0.15, -0.1) is 0 Å². The topological polar surface area (TPSA) is 85.9 Å². The minimum atomic E-state index is -0.785. The smallest absolute Gasteiger partial charge is 0.251 e. The third kappa shape index (κ3) is 6.42. The molecule has 0 aliphatic rings. The molecule has 0 unspecified atom stereocenters. The second kappa shape index (κ2) is 12.0. The molecule has 0 bridgehead atoms. The van der Waals surface area contributed by atoms with Crippen LogP contribution >= 0.6 is 11.6 Å². The summed E-state index contributed by atoms with van der Waals surface area (Å²) in [5, 5.41) is 6.26. The van der Waals surface area contributed by atoms with Crippen molar-refractivity contribution in [3.8, 4) is 17.2 Å². The summed E-state index contributed by atoms with van der Waals surface area (Å²) >= 11 is 5.92. The summed E-state index contributed by atoms with van der Waals surface area (Å²) in [6.45, 7) is 0.206. The van der Waals surface area contributed by atoms with E-state index in [0.29, 0.717) is 34.3 Å². The highest BCUT2D eigenvalue weighted by atomic mass is 35.5. The van der Waals surface area contributed by atoms with Crippen molar-refractivity contribution in [3.05, 3.63) is 88.4 Å². The van der Waals surface area contributed by atoms with Gasteiger partial charge in [0.05, 0.1) is 21.3 Å². The highest BCUT2D eigenvalue weighted by molar-refractivity contribution is 6.30. The van der Waals surface area contributed by atoms with E-state index < -0.39 is 6.04 Å². The van der Waals surface area contributed by atoms with E-state index in [2.05, 4.69) is 10.6 Å². The highest BCUT2D eigenvalue weighted by Crippen LogP contribution is 2.38. The molecule has 0 heterocycles. The number of benzene rings is 3. The van der Waals surface area contributed by atoms with Crippen LogP contribution in [0, 0.1) is 0 Å². The number of hydrogen-bond acceptors (Lipinski definition) is 5. The van der Waals surface area contributed by atoms with Crippen LogP contribution in [-0.4, -0.2) is 39.2 Å². The zero-order valence-corrected chi connectivity index (χ0v) is 20.0. The maximum Gasteiger partial charge on any atom is 0.251 e. The third-order valence-corrected chi connectivity index (χ3v) is 5.45. The fourth-order valence-electron chi connectivity index (χ4n) is 3.45. The van der Waals surface area contributed by atoms with Crippen molar-refractivity contribution in [3.63, 3.8) is 0 Å². The van der Waals surface area contributed by atoms with Crippen LogP contribution in [0.25, 0.3) is 0 Å². The van der Waals surface area contributed by atoms with Crippen molar-refractivity contribution < 1.29 is 23.8 Å². The zero-order valence-electron chi connectivity index (χ0n) is 19.3. The zero-order chi connectivity index (χ0) is 24.5. The molecule has 178 valence electrons. The Morgan fingerprint density at radius 3 is 2.03 bits per heavy atom. The lowest BCUT2D eigenvalue weighted by Crippen LogP contribution is -2.47. The molecule has 1 atom stereocenters. The molecule has 2 amide bonds. The van der Waals surface area contributed by atoms with Gasteiger partial charge in [0, 0.05) is 23.6 Å². The van der Waals surface area contributed by atoms with Crippen LogP contribution in [0.5, 0.6) is 17.2 Å². The molecular weight excluding hydrogens is 456 g/mol. The highest BCUT2D eigenvalue weighted by Gasteiger charge is 2.22. The minimum absolute atomic E-state index is 0.206. The number of carbonyl (C=O) groups is 2. The number of ether oxygens (including phenoxy) is 3. The summed E-state index contributed by atoms with van der Waals surface area (Å²) < 4.78 is 16.1. The van der Waals surface area contributed by atoms with Gasteiger partial charge in [-0.2, -0.15) is 0 Å². The van der Waals surface area contributed by atoms with Crippen LogP contribution in [-0.2, 0) is 17.8 Å². The summed E-state index contributed by atoms with van der Waals surface area (Å²) in [5.41, 5.74) is 2.09. The SMILES string of the molecule is COc1cc(CNC(=O)[C@H](Cc2ccccc2)NC(=O)c2ccc(Cl)cc2)cc(OC)c1OC. The predicted molar refractivity (Wildman–Crippen MR) is 131 cm³/mol. The first-order valence-electron chi connectivity index (χ1n) is 10.6. The maximum absolute atomic E-state index is 13.1. The van der Waals surface area contributed by atoms with Gasteiger partial charge in [0.2, 0.25) is 11.7 Å². The van der Waals surface area contributed by atoms with Gasteiger partial charge in [-0.25, -0.2) is 0 Å². The van der Waals surface area contributed by atoms with Crippen molar-refractivity contribution in [2.24, 2.45) is 0 Å². The summed E-state index contributed by atoms with van der Waals surface area (Å²) in [6, 6.07) is 18.7. The summed E-state index contributed by atoms with van der Waals surface area (Å²) in [6.07, 6.45) is 0.335. The Hall–Kier alpha value is -3.71. The van der Waals surface area contributed by atoms with E-state index in [-0.39, 0.29) is 18.4 Å². The van der Waals surface area contributed by atoms with Crippen LogP contribution < -0.4 is 24.8 Å². The number of hydrogen-bond donors (Lipinski definition) is 2. The molecule has 8 heteroatoms. The second-order valence-corrected chi connectivity index (χ2v) is 7.91. The van der Waals surface area contributed by atoms with Gasteiger partial charge in [-0.3, -0.25) is 9.59 Å². The number of halogens is 1. The molecule has 0 aliphatic heterocycles. The lowest BCUT2D eigenvalue weighted by Gasteiger charge is -2.19. The molecule has 3 rings (SSSR count). The lowest BCUT2D eigenvalue weighted by atomic mass is 10.0. The van der Waals surface area contributed by atoms with Crippen molar-refractivity contribution in [1.29, 1.82) is 0 Å². The second-order valence-electron chi connectivity index (χ2n) is 7.47. The van der Waals surface area contributed by atoms with Gasteiger partial charge in [-0.05, 0) is 47.5 Å². The Balaban J connectivity index is 1.77.